The molecule has 0 unspecified atom stereocenters. The molecule has 1 saturated heterocycles. The van der Waals surface area contributed by atoms with Gasteiger partial charge in [-0.15, -0.1) is 0 Å². The molecule has 0 spiro atoms. The van der Waals surface area contributed by atoms with E-state index in [1.807, 2.05) is 39.0 Å². The summed E-state index contributed by atoms with van der Waals surface area (Å²) >= 11 is 0. The van der Waals surface area contributed by atoms with E-state index in [4.69, 9.17) is 18.9 Å². The number of carbonyl (C=O) groups is 1. The number of rotatable bonds is 14. The molecule has 0 radical (unpaired) electrons. The van der Waals surface area contributed by atoms with Gasteiger partial charge in [0.15, 0.2) is 5.79 Å². The predicted octanol–water partition coefficient (Wildman–Crippen LogP) is 7.82. The molecule has 1 aliphatic heterocycles. The number of allylic oxidation sites excluding steroid dienone is 1. The number of ether oxygens (including phenoxy) is 4. The standard InChI is InChI=1S/C32H50O5/c1-10-11-12-13-28(35-22-26-15-18-27(34-9)19-16-26)17-14-24(3)29-31(5,6)30(37-32(7,8)36-29)25(4)20-23(2)21-33/h14-16,18-21,25,28-30H,10-13,17,22H2,1-9H3/b23-20+,24-14+/t25-,28+,29+,30-/m0/s1. The zero-order valence-corrected chi connectivity index (χ0v) is 24.6. The molecular formula is C32H50O5. The lowest BCUT2D eigenvalue weighted by molar-refractivity contribution is -0.339. The van der Waals surface area contributed by atoms with Gasteiger partial charge in [0.05, 0.1) is 32.0 Å². The van der Waals surface area contributed by atoms with Crippen LogP contribution in [0.1, 0.15) is 93.1 Å². The zero-order chi connectivity index (χ0) is 27.6. The van der Waals surface area contributed by atoms with Crippen molar-refractivity contribution in [3.8, 4) is 5.75 Å². The Hall–Kier alpha value is -1.95. The highest BCUT2D eigenvalue weighted by Gasteiger charge is 2.50. The Kier molecular flexibility index (Phi) is 12.1. The zero-order valence-electron chi connectivity index (χ0n) is 24.6. The van der Waals surface area contributed by atoms with Crippen molar-refractivity contribution in [3.05, 3.63) is 53.1 Å². The van der Waals surface area contributed by atoms with Crippen molar-refractivity contribution in [3.63, 3.8) is 0 Å². The normalized spacial score (nSPS) is 23.4. The molecule has 2 rings (SSSR count). The Labute approximate surface area is 225 Å². The molecule has 0 N–H and O–H groups in total. The third kappa shape index (κ3) is 9.38. The Morgan fingerprint density at radius 3 is 2.35 bits per heavy atom. The Balaban J connectivity index is 2.18. The van der Waals surface area contributed by atoms with Crippen LogP contribution in [0.4, 0.5) is 0 Å². The monoisotopic (exact) mass is 514 g/mol. The molecule has 0 bridgehead atoms. The third-order valence-electron chi connectivity index (χ3n) is 7.30. The van der Waals surface area contributed by atoms with Crippen LogP contribution in [0.2, 0.25) is 0 Å². The van der Waals surface area contributed by atoms with Gasteiger partial charge in [0.2, 0.25) is 0 Å². The number of hydrogen-bond acceptors (Lipinski definition) is 5. The summed E-state index contributed by atoms with van der Waals surface area (Å²) in [5, 5.41) is 0. The van der Waals surface area contributed by atoms with Gasteiger partial charge >= 0.3 is 0 Å². The van der Waals surface area contributed by atoms with Crippen molar-refractivity contribution < 1.29 is 23.7 Å². The van der Waals surface area contributed by atoms with Crippen LogP contribution in [0.25, 0.3) is 0 Å². The smallest absolute Gasteiger partial charge is 0.164 e. The molecule has 1 fully saturated rings. The maximum absolute atomic E-state index is 11.2. The molecule has 208 valence electrons. The van der Waals surface area contributed by atoms with Crippen LogP contribution < -0.4 is 4.74 Å². The van der Waals surface area contributed by atoms with Gasteiger partial charge in [0, 0.05) is 11.3 Å². The van der Waals surface area contributed by atoms with E-state index in [9.17, 15) is 4.79 Å². The molecule has 1 aromatic carbocycles. The first kappa shape index (κ1) is 31.3. The van der Waals surface area contributed by atoms with E-state index in [0.717, 1.165) is 42.4 Å². The lowest BCUT2D eigenvalue weighted by atomic mass is 9.71. The van der Waals surface area contributed by atoms with Gasteiger partial charge in [0.25, 0.3) is 0 Å². The molecular weight excluding hydrogens is 464 g/mol. The average Bonchev–Trinajstić information content (AvgIpc) is 2.86. The number of methoxy groups -OCH3 is 1. The fraction of sp³-hybridized carbons (Fsp3) is 0.656. The van der Waals surface area contributed by atoms with Gasteiger partial charge in [-0.2, -0.15) is 0 Å². The topological polar surface area (TPSA) is 54.0 Å². The molecule has 0 saturated carbocycles. The Bertz CT molecular complexity index is 896. The minimum Gasteiger partial charge on any atom is -0.497 e. The SMILES string of the molecule is CCCCC[C@H](C/C=C(\C)[C@H]1OC(C)(C)O[C@@H]([C@@H](C)/C=C(\C)C=O)C1(C)C)OCc1ccc(OC)cc1. The molecule has 5 nitrogen and oxygen atoms in total. The van der Waals surface area contributed by atoms with Gasteiger partial charge in [-0.3, -0.25) is 4.79 Å². The number of hydrogen-bond donors (Lipinski definition) is 0. The van der Waals surface area contributed by atoms with Crippen molar-refractivity contribution in [1.82, 2.24) is 0 Å². The van der Waals surface area contributed by atoms with Crippen molar-refractivity contribution >= 4 is 6.29 Å². The summed E-state index contributed by atoms with van der Waals surface area (Å²) in [7, 11) is 1.68. The third-order valence-corrected chi connectivity index (χ3v) is 7.30. The molecule has 37 heavy (non-hydrogen) atoms. The van der Waals surface area contributed by atoms with Gasteiger partial charge in [-0.1, -0.05) is 71.2 Å². The summed E-state index contributed by atoms with van der Waals surface area (Å²) in [5.74, 6) is 0.212. The van der Waals surface area contributed by atoms with Crippen LogP contribution in [0.3, 0.4) is 0 Å². The maximum Gasteiger partial charge on any atom is 0.164 e. The van der Waals surface area contributed by atoms with Crippen molar-refractivity contribution in [1.29, 1.82) is 0 Å². The second-order valence-electron chi connectivity index (χ2n) is 11.6. The summed E-state index contributed by atoms with van der Waals surface area (Å²) in [4.78, 5) is 11.2. The molecule has 4 atom stereocenters. The van der Waals surface area contributed by atoms with E-state index in [-0.39, 0.29) is 29.6 Å². The van der Waals surface area contributed by atoms with Gasteiger partial charge in [0.1, 0.15) is 12.0 Å². The van der Waals surface area contributed by atoms with E-state index in [1.165, 1.54) is 18.4 Å². The van der Waals surface area contributed by atoms with Crippen LogP contribution in [0.15, 0.2) is 47.6 Å². The van der Waals surface area contributed by atoms with E-state index in [2.05, 4.69) is 52.8 Å². The average molecular weight is 515 g/mol. The van der Waals surface area contributed by atoms with Gasteiger partial charge in [-0.25, -0.2) is 0 Å². The Morgan fingerprint density at radius 2 is 1.76 bits per heavy atom. The fourth-order valence-corrected chi connectivity index (χ4v) is 5.33. The largest absolute Gasteiger partial charge is 0.497 e. The minimum atomic E-state index is -0.720. The molecule has 0 aliphatic carbocycles. The molecule has 1 aliphatic rings. The highest BCUT2D eigenvalue weighted by atomic mass is 16.7. The summed E-state index contributed by atoms with van der Waals surface area (Å²) in [6.07, 6.45) is 10.6. The number of aldehydes is 1. The maximum atomic E-state index is 11.2. The van der Waals surface area contributed by atoms with Gasteiger partial charge in [-0.05, 0) is 69.4 Å². The second kappa shape index (κ2) is 14.3. The highest BCUT2D eigenvalue weighted by Crippen LogP contribution is 2.46. The summed E-state index contributed by atoms with van der Waals surface area (Å²) in [6, 6.07) is 8.08. The first-order valence-corrected chi connectivity index (χ1v) is 13.8. The second-order valence-corrected chi connectivity index (χ2v) is 11.6. The van der Waals surface area contributed by atoms with Crippen LogP contribution in [0, 0.1) is 11.3 Å². The van der Waals surface area contributed by atoms with Crippen LogP contribution in [-0.4, -0.2) is 37.5 Å². The molecule has 5 heteroatoms. The highest BCUT2D eigenvalue weighted by molar-refractivity contribution is 5.72. The van der Waals surface area contributed by atoms with E-state index >= 15 is 0 Å². The number of benzene rings is 1. The molecule has 0 amide bonds. The fourth-order valence-electron chi connectivity index (χ4n) is 5.33. The van der Waals surface area contributed by atoms with Crippen molar-refractivity contribution in [2.75, 3.05) is 7.11 Å². The lowest BCUT2D eigenvalue weighted by Crippen LogP contribution is -2.58. The summed E-state index contributed by atoms with van der Waals surface area (Å²) in [5.41, 5.74) is 2.79. The summed E-state index contributed by atoms with van der Waals surface area (Å²) < 4.78 is 24.6. The first-order chi connectivity index (χ1) is 17.4. The Morgan fingerprint density at radius 1 is 1.08 bits per heavy atom. The van der Waals surface area contributed by atoms with E-state index in [0.29, 0.717) is 6.61 Å². The molecule has 1 heterocycles. The molecule has 0 aromatic heterocycles. The summed E-state index contributed by atoms with van der Waals surface area (Å²) in [6.45, 7) is 17.3. The lowest BCUT2D eigenvalue weighted by Gasteiger charge is -2.53. The minimum absolute atomic E-state index is 0.0771. The van der Waals surface area contributed by atoms with Crippen LogP contribution >= 0.6 is 0 Å². The van der Waals surface area contributed by atoms with Crippen molar-refractivity contribution in [2.45, 2.75) is 118 Å². The number of carbonyl (C=O) groups excluding carboxylic acids is 1. The quantitative estimate of drug-likeness (QED) is 0.110. The first-order valence-electron chi connectivity index (χ1n) is 13.8. The van der Waals surface area contributed by atoms with Crippen LogP contribution in [-0.2, 0) is 25.6 Å². The van der Waals surface area contributed by atoms with Crippen LogP contribution in [0.5, 0.6) is 5.75 Å². The molecule has 1 aromatic rings. The van der Waals surface area contributed by atoms with Crippen molar-refractivity contribution in [2.24, 2.45) is 11.3 Å². The van der Waals surface area contributed by atoms with E-state index < -0.39 is 5.79 Å². The number of unbranched alkanes of at least 4 members (excludes halogenated alkanes) is 2. The van der Waals surface area contributed by atoms with E-state index in [1.54, 1.807) is 7.11 Å². The van der Waals surface area contributed by atoms with Gasteiger partial charge < -0.3 is 18.9 Å². The predicted molar refractivity (Wildman–Crippen MR) is 151 cm³/mol.